The Bertz CT molecular complexity index is 1250. The molecule has 1 aliphatic heterocycles. The van der Waals surface area contributed by atoms with Crippen molar-refractivity contribution in [2.45, 2.75) is 69.5 Å². The Hall–Kier alpha value is -2.93. The normalized spacial score (nSPS) is 19.9. The standard InChI is InChI=1S/C28H31F2N3O2/c29-18-12-23-17(15-31-27(23)25(30)13-18)4-3-11-33(20-5-1-6-20)21-14-24-22(28(34)32-19-9-10-19)7-2-8-26(24)35-16-21/h2,7-8,12-13,15,19-21,31H,1,3-6,9-11,14,16H2,(H,32,34). The van der Waals surface area contributed by atoms with Crippen molar-refractivity contribution in [2.24, 2.45) is 0 Å². The Balaban J connectivity index is 1.17. The molecule has 0 spiro atoms. The molecular weight excluding hydrogens is 448 g/mol. The van der Waals surface area contributed by atoms with Gasteiger partial charge in [-0.2, -0.15) is 0 Å². The number of aryl methyl sites for hydroxylation is 1. The van der Waals surface area contributed by atoms with Gasteiger partial charge in [0.05, 0.1) is 5.52 Å². The minimum absolute atomic E-state index is 0.00240. The number of nitrogens with one attached hydrogen (secondary N) is 2. The van der Waals surface area contributed by atoms with Crippen molar-refractivity contribution in [3.05, 3.63) is 64.9 Å². The number of ether oxygens (including phenoxy) is 1. The van der Waals surface area contributed by atoms with E-state index >= 15 is 0 Å². The van der Waals surface area contributed by atoms with Gasteiger partial charge in [-0.15, -0.1) is 0 Å². The molecule has 3 aromatic rings. The zero-order valence-corrected chi connectivity index (χ0v) is 19.8. The number of carbonyl (C=O) groups excluding carboxylic acids is 1. The Morgan fingerprint density at radius 1 is 1.14 bits per heavy atom. The molecule has 2 fully saturated rings. The van der Waals surface area contributed by atoms with Crippen LogP contribution in [0.15, 0.2) is 36.5 Å². The van der Waals surface area contributed by atoms with Gasteiger partial charge in [0.15, 0.2) is 0 Å². The van der Waals surface area contributed by atoms with Gasteiger partial charge in [-0.3, -0.25) is 9.69 Å². The number of nitrogens with zero attached hydrogens (tertiary/aromatic N) is 1. The lowest BCUT2D eigenvalue weighted by Gasteiger charge is -2.44. The first kappa shape index (κ1) is 22.5. The topological polar surface area (TPSA) is 57.4 Å². The summed E-state index contributed by atoms with van der Waals surface area (Å²) in [5, 5.41) is 3.74. The fourth-order valence-electron chi connectivity index (χ4n) is 5.56. The van der Waals surface area contributed by atoms with E-state index in [4.69, 9.17) is 4.74 Å². The second-order valence-electron chi connectivity index (χ2n) is 10.2. The molecule has 35 heavy (non-hydrogen) atoms. The van der Waals surface area contributed by atoms with Crippen LogP contribution in [-0.2, 0) is 12.8 Å². The third kappa shape index (κ3) is 4.54. The van der Waals surface area contributed by atoms with Crippen LogP contribution >= 0.6 is 0 Å². The number of aromatic amines is 1. The highest BCUT2D eigenvalue weighted by atomic mass is 19.1. The number of carbonyl (C=O) groups is 1. The smallest absolute Gasteiger partial charge is 0.251 e. The summed E-state index contributed by atoms with van der Waals surface area (Å²) in [7, 11) is 0. The molecule has 0 saturated heterocycles. The van der Waals surface area contributed by atoms with E-state index in [1.165, 1.54) is 25.3 Å². The summed E-state index contributed by atoms with van der Waals surface area (Å²) in [6.45, 7) is 1.50. The first-order valence-corrected chi connectivity index (χ1v) is 12.8. The van der Waals surface area contributed by atoms with Gasteiger partial charge in [0, 0.05) is 46.9 Å². The molecule has 1 unspecified atom stereocenters. The number of fused-ring (bicyclic) bond motifs is 2. The van der Waals surface area contributed by atoms with E-state index in [2.05, 4.69) is 15.2 Å². The number of H-pyrrole nitrogens is 1. The highest BCUT2D eigenvalue weighted by Gasteiger charge is 2.35. The van der Waals surface area contributed by atoms with Crippen LogP contribution in [0, 0.1) is 11.6 Å². The third-order valence-corrected chi connectivity index (χ3v) is 7.83. The van der Waals surface area contributed by atoms with Crippen molar-refractivity contribution in [2.75, 3.05) is 13.2 Å². The van der Waals surface area contributed by atoms with E-state index in [-0.39, 0.29) is 11.9 Å². The SMILES string of the molecule is O=C(NC1CC1)c1cccc2c1CC(N(CCCc1c[nH]c3c(F)cc(F)cc13)C1CCC1)CO2. The molecule has 1 aromatic heterocycles. The molecule has 5 nitrogen and oxygen atoms in total. The van der Waals surface area contributed by atoms with Gasteiger partial charge in [-0.05, 0) is 75.3 Å². The first-order valence-electron chi connectivity index (χ1n) is 12.8. The summed E-state index contributed by atoms with van der Waals surface area (Å²) < 4.78 is 34.0. The van der Waals surface area contributed by atoms with Crippen molar-refractivity contribution in [1.29, 1.82) is 0 Å². The number of benzene rings is 2. The van der Waals surface area contributed by atoms with Crippen molar-refractivity contribution in [3.63, 3.8) is 0 Å². The minimum atomic E-state index is -0.554. The minimum Gasteiger partial charge on any atom is -0.492 e. The maximum absolute atomic E-state index is 14.1. The van der Waals surface area contributed by atoms with Crippen LogP contribution in [0.1, 0.15) is 60.0 Å². The van der Waals surface area contributed by atoms with Gasteiger partial charge in [0.25, 0.3) is 5.91 Å². The van der Waals surface area contributed by atoms with Crippen LogP contribution in [0.25, 0.3) is 10.9 Å². The van der Waals surface area contributed by atoms with Crippen molar-refractivity contribution < 1.29 is 18.3 Å². The van der Waals surface area contributed by atoms with Crippen LogP contribution < -0.4 is 10.1 Å². The van der Waals surface area contributed by atoms with Crippen LogP contribution in [-0.4, -0.2) is 47.1 Å². The number of hydrogen-bond acceptors (Lipinski definition) is 3. The highest BCUT2D eigenvalue weighted by molar-refractivity contribution is 5.96. The molecular formula is C28H31F2N3O2. The Kier molecular flexibility index (Phi) is 5.96. The molecule has 2 aromatic carbocycles. The van der Waals surface area contributed by atoms with Gasteiger partial charge in [0.1, 0.15) is 24.0 Å². The van der Waals surface area contributed by atoms with E-state index in [0.717, 1.165) is 67.2 Å². The zero-order valence-electron chi connectivity index (χ0n) is 19.8. The quantitative estimate of drug-likeness (QED) is 0.471. The van der Waals surface area contributed by atoms with Crippen LogP contribution in [0.4, 0.5) is 8.78 Å². The molecule has 0 bridgehead atoms. The lowest BCUT2D eigenvalue weighted by atomic mass is 9.87. The molecule has 6 rings (SSSR count). The van der Waals surface area contributed by atoms with Gasteiger partial charge in [-0.1, -0.05) is 12.5 Å². The molecule has 2 saturated carbocycles. The fourth-order valence-corrected chi connectivity index (χ4v) is 5.56. The van der Waals surface area contributed by atoms with E-state index in [0.29, 0.717) is 29.6 Å². The maximum atomic E-state index is 14.1. The Morgan fingerprint density at radius 2 is 2.00 bits per heavy atom. The predicted molar refractivity (Wildman–Crippen MR) is 131 cm³/mol. The average Bonchev–Trinajstić information content (AvgIpc) is 3.54. The van der Waals surface area contributed by atoms with E-state index in [1.54, 1.807) is 6.20 Å². The largest absolute Gasteiger partial charge is 0.492 e. The number of rotatable bonds is 8. The van der Waals surface area contributed by atoms with Crippen LogP contribution in [0.3, 0.4) is 0 Å². The number of halogens is 2. The summed E-state index contributed by atoms with van der Waals surface area (Å²) in [5.74, 6) is -0.280. The lowest BCUT2D eigenvalue weighted by Crippen LogP contribution is -2.51. The molecule has 0 radical (unpaired) electrons. The van der Waals surface area contributed by atoms with E-state index in [1.807, 2.05) is 18.2 Å². The zero-order chi connectivity index (χ0) is 23.9. The summed E-state index contributed by atoms with van der Waals surface area (Å²) in [4.78, 5) is 18.4. The summed E-state index contributed by atoms with van der Waals surface area (Å²) in [5.41, 5.74) is 3.05. The lowest BCUT2D eigenvalue weighted by molar-refractivity contribution is 0.0434. The molecule has 2 N–H and O–H groups in total. The number of hydrogen-bond donors (Lipinski definition) is 2. The monoisotopic (exact) mass is 479 g/mol. The summed E-state index contributed by atoms with van der Waals surface area (Å²) >= 11 is 0. The number of aromatic nitrogens is 1. The van der Waals surface area contributed by atoms with Crippen molar-refractivity contribution in [3.8, 4) is 5.75 Å². The predicted octanol–water partition coefficient (Wildman–Crippen LogP) is 5.13. The molecule has 184 valence electrons. The van der Waals surface area contributed by atoms with E-state index in [9.17, 15) is 13.6 Å². The van der Waals surface area contributed by atoms with Crippen LogP contribution in [0.5, 0.6) is 5.75 Å². The molecule has 3 aliphatic rings. The highest BCUT2D eigenvalue weighted by Crippen LogP contribution is 2.34. The second kappa shape index (κ2) is 9.26. The summed E-state index contributed by atoms with van der Waals surface area (Å²) in [6.07, 6.45) is 9.93. The molecule has 2 aliphatic carbocycles. The van der Waals surface area contributed by atoms with Gasteiger partial charge in [-0.25, -0.2) is 8.78 Å². The Labute approximate surface area is 203 Å². The maximum Gasteiger partial charge on any atom is 0.251 e. The van der Waals surface area contributed by atoms with E-state index < -0.39 is 11.6 Å². The Morgan fingerprint density at radius 3 is 2.77 bits per heavy atom. The van der Waals surface area contributed by atoms with Crippen molar-refractivity contribution >= 4 is 16.8 Å². The van der Waals surface area contributed by atoms with Crippen molar-refractivity contribution in [1.82, 2.24) is 15.2 Å². The summed E-state index contributed by atoms with van der Waals surface area (Å²) in [6, 6.07) is 9.15. The fraction of sp³-hybridized carbons (Fsp3) is 0.464. The molecule has 2 heterocycles. The van der Waals surface area contributed by atoms with Gasteiger partial charge >= 0.3 is 0 Å². The molecule has 1 atom stereocenters. The van der Waals surface area contributed by atoms with Crippen LogP contribution in [0.2, 0.25) is 0 Å². The van der Waals surface area contributed by atoms with Gasteiger partial charge < -0.3 is 15.0 Å². The molecule has 7 heteroatoms. The second-order valence-corrected chi connectivity index (χ2v) is 10.2. The van der Waals surface area contributed by atoms with Gasteiger partial charge in [0.2, 0.25) is 0 Å². The third-order valence-electron chi connectivity index (χ3n) is 7.83. The average molecular weight is 480 g/mol. The molecule has 1 amide bonds. The number of amides is 1. The first-order chi connectivity index (χ1) is 17.1.